The fourth-order valence-corrected chi connectivity index (χ4v) is 2.65. The minimum atomic E-state index is -4.55. The summed E-state index contributed by atoms with van der Waals surface area (Å²) in [5, 5.41) is 5.39. The second-order valence-electron chi connectivity index (χ2n) is 6.37. The summed E-state index contributed by atoms with van der Waals surface area (Å²) in [6.45, 7) is -0.155. The highest BCUT2D eigenvalue weighted by Crippen LogP contribution is 2.32. The van der Waals surface area contributed by atoms with Crippen LogP contribution in [0.5, 0.6) is 0 Å². The third-order valence-electron chi connectivity index (χ3n) is 3.90. The van der Waals surface area contributed by atoms with Gasteiger partial charge in [-0.2, -0.15) is 13.2 Å². The summed E-state index contributed by atoms with van der Waals surface area (Å²) in [5.74, 6) is -1.57. The Kier molecular flexibility index (Phi) is 9.09. The third-order valence-corrected chi connectivity index (χ3v) is 4.44. The van der Waals surface area contributed by atoms with Crippen molar-refractivity contribution in [2.75, 3.05) is 18.4 Å². The van der Waals surface area contributed by atoms with Crippen LogP contribution in [0.1, 0.15) is 28.8 Å². The fraction of sp³-hybridized carbons (Fsp3) is 0.263. The highest BCUT2D eigenvalue weighted by atomic mass is 35.5. The van der Waals surface area contributed by atoms with Crippen molar-refractivity contribution in [3.05, 3.63) is 57.7 Å². The van der Waals surface area contributed by atoms with Crippen LogP contribution in [0.4, 0.5) is 19.0 Å². The van der Waals surface area contributed by atoms with Gasteiger partial charge in [-0.1, -0.05) is 23.2 Å². The molecule has 172 valence electrons. The Labute approximate surface area is 190 Å². The van der Waals surface area contributed by atoms with Gasteiger partial charge in [-0.25, -0.2) is 4.98 Å². The Morgan fingerprint density at radius 1 is 1.00 bits per heavy atom. The molecule has 4 N–H and O–H groups in total. The summed E-state index contributed by atoms with van der Waals surface area (Å²) >= 11 is 11.5. The first-order valence-corrected chi connectivity index (χ1v) is 9.90. The van der Waals surface area contributed by atoms with Crippen LogP contribution in [0.15, 0.2) is 36.5 Å². The predicted octanol–water partition coefficient (Wildman–Crippen LogP) is 3.18. The van der Waals surface area contributed by atoms with Gasteiger partial charge in [0.15, 0.2) is 0 Å². The Morgan fingerprint density at radius 3 is 2.28 bits per heavy atom. The summed E-state index contributed by atoms with van der Waals surface area (Å²) in [6.07, 6.45) is -3.60. The van der Waals surface area contributed by atoms with Crippen LogP contribution in [-0.2, 0) is 15.8 Å². The van der Waals surface area contributed by atoms with Gasteiger partial charge >= 0.3 is 6.18 Å². The Hall–Kier alpha value is -3.05. The zero-order chi connectivity index (χ0) is 23.7. The number of amides is 3. The molecule has 0 spiro atoms. The molecule has 0 radical (unpaired) electrons. The maximum absolute atomic E-state index is 12.6. The van der Waals surface area contributed by atoms with Gasteiger partial charge in [0.1, 0.15) is 5.82 Å². The first-order chi connectivity index (χ1) is 15.1. The van der Waals surface area contributed by atoms with Crippen molar-refractivity contribution in [3.8, 4) is 0 Å². The average molecular weight is 492 g/mol. The van der Waals surface area contributed by atoms with Crippen LogP contribution in [0, 0.1) is 0 Å². The quantitative estimate of drug-likeness (QED) is 0.334. The lowest BCUT2D eigenvalue weighted by atomic mass is 10.2. The number of pyridine rings is 1. The van der Waals surface area contributed by atoms with Crippen LogP contribution in [0.3, 0.4) is 0 Å². The summed E-state index contributed by atoms with van der Waals surface area (Å²) in [7, 11) is 0. The number of hydrazine groups is 1. The molecule has 1 heterocycles. The minimum absolute atomic E-state index is 0.00265. The highest BCUT2D eigenvalue weighted by molar-refractivity contribution is 6.33. The maximum Gasteiger partial charge on any atom is 0.417 e. The molecular formula is C19H18Cl2F3N5O3. The summed E-state index contributed by atoms with van der Waals surface area (Å²) in [5.41, 5.74) is 3.69. The molecule has 0 bridgehead atoms. The largest absolute Gasteiger partial charge is 0.417 e. The molecule has 3 amide bonds. The lowest BCUT2D eigenvalue weighted by Crippen LogP contribution is -2.46. The normalized spacial score (nSPS) is 10.9. The van der Waals surface area contributed by atoms with E-state index in [-0.39, 0.29) is 36.8 Å². The number of rotatable bonds is 8. The summed E-state index contributed by atoms with van der Waals surface area (Å²) in [4.78, 5) is 39.0. The number of halogens is 5. The number of carbonyl (C=O) groups is 3. The molecular weight excluding hydrogens is 474 g/mol. The molecule has 32 heavy (non-hydrogen) atoms. The van der Waals surface area contributed by atoms with Gasteiger partial charge in [0.05, 0.1) is 17.1 Å². The first kappa shape index (κ1) is 25.2. The number of carbonyl (C=O) groups excluding carboxylic acids is 3. The van der Waals surface area contributed by atoms with Crippen molar-refractivity contribution in [3.63, 3.8) is 0 Å². The number of hydrogen-bond donors (Lipinski definition) is 4. The molecule has 0 aliphatic heterocycles. The smallest absolute Gasteiger partial charge is 0.369 e. The lowest BCUT2D eigenvalue weighted by Gasteiger charge is -2.11. The Balaban J connectivity index is 1.63. The second-order valence-corrected chi connectivity index (χ2v) is 7.21. The maximum atomic E-state index is 12.6. The minimum Gasteiger partial charge on any atom is -0.369 e. The van der Waals surface area contributed by atoms with Crippen LogP contribution in [0.25, 0.3) is 0 Å². The summed E-state index contributed by atoms with van der Waals surface area (Å²) in [6, 6.07) is 6.82. The molecule has 0 aliphatic carbocycles. The molecule has 0 saturated carbocycles. The van der Waals surface area contributed by atoms with Crippen molar-refractivity contribution >= 4 is 46.7 Å². The molecule has 1 aromatic carbocycles. The molecule has 0 aliphatic rings. The van der Waals surface area contributed by atoms with E-state index in [4.69, 9.17) is 23.2 Å². The molecule has 2 aromatic rings. The van der Waals surface area contributed by atoms with E-state index in [0.29, 0.717) is 16.8 Å². The highest BCUT2D eigenvalue weighted by Gasteiger charge is 2.31. The number of hydrogen-bond acceptors (Lipinski definition) is 5. The lowest BCUT2D eigenvalue weighted by molar-refractivity contribution is -0.137. The van der Waals surface area contributed by atoms with E-state index < -0.39 is 29.5 Å². The predicted molar refractivity (Wildman–Crippen MR) is 112 cm³/mol. The number of benzene rings is 1. The van der Waals surface area contributed by atoms with E-state index in [1.54, 1.807) is 0 Å². The number of alkyl halides is 3. The van der Waals surface area contributed by atoms with E-state index in [1.165, 1.54) is 24.3 Å². The zero-order valence-corrected chi connectivity index (χ0v) is 17.9. The average Bonchev–Trinajstić information content (AvgIpc) is 2.74. The van der Waals surface area contributed by atoms with Gasteiger partial charge in [0, 0.05) is 29.7 Å². The SMILES string of the molecule is O=C(CCCNc1ncc(C(F)(F)F)cc1Cl)NNC(=O)CNC(=O)c1ccc(Cl)cc1. The van der Waals surface area contributed by atoms with Gasteiger partial charge in [0.25, 0.3) is 11.8 Å². The molecule has 2 rings (SSSR count). The Bertz CT molecular complexity index is 972. The van der Waals surface area contributed by atoms with Crippen molar-refractivity contribution in [2.45, 2.75) is 19.0 Å². The molecule has 13 heteroatoms. The van der Waals surface area contributed by atoms with E-state index in [0.717, 1.165) is 6.07 Å². The molecule has 1 aromatic heterocycles. The first-order valence-electron chi connectivity index (χ1n) is 9.14. The van der Waals surface area contributed by atoms with E-state index in [1.807, 2.05) is 0 Å². The zero-order valence-electron chi connectivity index (χ0n) is 16.4. The number of nitrogens with one attached hydrogen (secondary N) is 4. The molecule has 0 fully saturated rings. The van der Waals surface area contributed by atoms with Crippen LogP contribution in [0.2, 0.25) is 10.0 Å². The van der Waals surface area contributed by atoms with Gasteiger partial charge in [-0.3, -0.25) is 25.2 Å². The molecule has 0 atom stereocenters. The number of nitrogens with zero attached hydrogens (tertiary/aromatic N) is 1. The van der Waals surface area contributed by atoms with E-state index >= 15 is 0 Å². The number of aromatic nitrogens is 1. The third kappa shape index (κ3) is 8.23. The fourth-order valence-electron chi connectivity index (χ4n) is 2.29. The molecule has 0 unspecified atom stereocenters. The van der Waals surface area contributed by atoms with E-state index in [9.17, 15) is 27.6 Å². The molecule has 0 saturated heterocycles. The van der Waals surface area contributed by atoms with Crippen molar-refractivity contribution in [2.24, 2.45) is 0 Å². The van der Waals surface area contributed by atoms with Crippen molar-refractivity contribution in [1.82, 2.24) is 21.2 Å². The topological polar surface area (TPSA) is 112 Å². The van der Waals surface area contributed by atoms with Gasteiger partial charge < -0.3 is 10.6 Å². The monoisotopic (exact) mass is 491 g/mol. The van der Waals surface area contributed by atoms with Crippen LogP contribution in [-0.4, -0.2) is 35.8 Å². The van der Waals surface area contributed by atoms with E-state index in [2.05, 4.69) is 26.5 Å². The van der Waals surface area contributed by atoms with Crippen LogP contribution >= 0.6 is 23.2 Å². The van der Waals surface area contributed by atoms with Gasteiger partial charge in [-0.05, 0) is 36.8 Å². The van der Waals surface area contributed by atoms with Gasteiger partial charge in [-0.15, -0.1) is 0 Å². The number of anilines is 1. The summed E-state index contributed by atoms with van der Waals surface area (Å²) < 4.78 is 37.8. The Morgan fingerprint density at radius 2 is 1.66 bits per heavy atom. The molecule has 8 nitrogen and oxygen atoms in total. The second kappa shape index (κ2) is 11.5. The van der Waals surface area contributed by atoms with Crippen molar-refractivity contribution in [1.29, 1.82) is 0 Å². The van der Waals surface area contributed by atoms with Gasteiger partial charge in [0.2, 0.25) is 5.91 Å². The standard InChI is InChI=1S/C19H18Cl2F3N5O3/c20-13-5-3-11(4-6-13)18(32)27-10-16(31)29-28-15(30)2-1-7-25-17-14(21)8-12(9-26-17)19(22,23)24/h3-6,8-9H,1-2,7,10H2,(H,25,26)(H,27,32)(H,28,30)(H,29,31). The van der Waals surface area contributed by atoms with Crippen LogP contribution < -0.4 is 21.5 Å². The van der Waals surface area contributed by atoms with Crippen molar-refractivity contribution < 1.29 is 27.6 Å².